The molecule has 0 atom stereocenters. The second-order valence-corrected chi connectivity index (χ2v) is 7.89. The highest BCUT2D eigenvalue weighted by Crippen LogP contribution is 2.36. The molecule has 0 heterocycles. The van der Waals surface area contributed by atoms with Crippen LogP contribution in [0.3, 0.4) is 0 Å². The van der Waals surface area contributed by atoms with Crippen LogP contribution in [0.5, 0.6) is 0 Å². The maximum absolute atomic E-state index is 6.20. The van der Waals surface area contributed by atoms with Crippen LogP contribution in [0.4, 0.5) is 5.69 Å². The van der Waals surface area contributed by atoms with E-state index in [4.69, 9.17) is 11.6 Å². The van der Waals surface area contributed by atoms with Gasteiger partial charge < -0.3 is 10.2 Å². The Bertz CT molecular complexity index is 848. The van der Waals surface area contributed by atoms with Gasteiger partial charge in [-0.15, -0.1) is 0 Å². The molecule has 3 aromatic carbocycles. The van der Waals surface area contributed by atoms with Crippen molar-refractivity contribution in [2.45, 2.75) is 16.2 Å². The second-order valence-electron chi connectivity index (χ2n) is 6.34. The summed E-state index contributed by atoms with van der Waals surface area (Å²) < 4.78 is 0. The molecule has 0 fully saturated rings. The summed E-state index contributed by atoms with van der Waals surface area (Å²) in [5.74, 6) is 0. The normalized spacial score (nSPS) is 11.2. The molecule has 2 nitrogen and oxygen atoms in total. The van der Waals surface area contributed by atoms with Crippen LogP contribution in [0.25, 0.3) is 10.8 Å². The van der Waals surface area contributed by atoms with E-state index in [0.29, 0.717) is 0 Å². The fourth-order valence-corrected chi connectivity index (χ4v) is 3.83. The van der Waals surface area contributed by atoms with Crippen molar-refractivity contribution < 1.29 is 0 Å². The van der Waals surface area contributed by atoms with Gasteiger partial charge in [0, 0.05) is 27.0 Å². The van der Waals surface area contributed by atoms with Gasteiger partial charge in [0.1, 0.15) is 0 Å². The summed E-state index contributed by atoms with van der Waals surface area (Å²) in [6.07, 6.45) is 1.10. The highest BCUT2D eigenvalue weighted by Gasteiger charge is 2.06. The first-order chi connectivity index (χ1) is 12.1. The fourth-order valence-electron chi connectivity index (χ4n) is 2.71. The molecule has 130 valence electrons. The van der Waals surface area contributed by atoms with E-state index < -0.39 is 0 Å². The van der Waals surface area contributed by atoms with E-state index in [-0.39, 0.29) is 0 Å². The van der Waals surface area contributed by atoms with E-state index in [1.54, 1.807) is 11.8 Å². The lowest BCUT2D eigenvalue weighted by molar-refractivity contribution is 0.405. The average Bonchev–Trinajstić information content (AvgIpc) is 2.60. The highest BCUT2D eigenvalue weighted by atomic mass is 35.5. The van der Waals surface area contributed by atoms with Crippen LogP contribution in [0.15, 0.2) is 70.5 Å². The molecule has 0 unspecified atom stereocenters. The third-order valence-electron chi connectivity index (χ3n) is 3.99. The van der Waals surface area contributed by atoms with Crippen molar-refractivity contribution in [3.8, 4) is 0 Å². The molecular weight excluding hydrogens is 348 g/mol. The van der Waals surface area contributed by atoms with Crippen LogP contribution >= 0.6 is 23.4 Å². The van der Waals surface area contributed by atoms with E-state index in [2.05, 4.69) is 72.8 Å². The van der Waals surface area contributed by atoms with Gasteiger partial charge in [0.15, 0.2) is 0 Å². The SMILES string of the molecule is CN(C)CCCNc1cc(Cl)ccc1Sc1ccc2ccccc2c1. The molecule has 0 bridgehead atoms. The number of hydrogen-bond acceptors (Lipinski definition) is 3. The van der Waals surface area contributed by atoms with Gasteiger partial charge in [-0.2, -0.15) is 0 Å². The predicted octanol–water partition coefficient (Wildman–Crippen LogP) is 6.01. The summed E-state index contributed by atoms with van der Waals surface area (Å²) in [7, 11) is 4.20. The number of fused-ring (bicyclic) bond motifs is 1. The topological polar surface area (TPSA) is 15.3 Å². The van der Waals surface area contributed by atoms with E-state index in [9.17, 15) is 0 Å². The van der Waals surface area contributed by atoms with Crippen molar-refractivity contribution in [3.05, 3.63) is 65.7 Å². The Morgan fingerprint density at radius 3 is 2.56 bits per heavy atom. The van der Waals surface area contributed by atoms with Gasteiger partial charge in [-0.1, -0.05) is 53.7 Å². The number of nitrogens with one attached hydrogen (secondary N) is 1. The zero-order chi connectivity index (χ0) is 17.6. The molecule has 25 heavy (non-hydrogen) atoms. The summed E-state index contributed by atoms with van der Waals surface area (Å²) >= 11 is 7.97. The smallest absolute Gasteiger partial charge is 0.0496 e. The molecule has 0 aromatic heterocycles. The molecule has 0 aliphatic heterocycles. The van der Waals surface area contributed by atoms with Gasteiger partial charge in [-0.25, -0.2) is 0 Å². The summed E-state index contributed by atoms with van der Waals surface area (Å²) in [5, 5.41) is 6.83. The van der Waals surface area contributed by atoms with Crippen LogP contribution in [-0.4, -0.2) is 32.1 Å². The van der Waals surface area contributed by atoms with Gasteiger partial charge >= 0.3 is 0 Å². The van der Waals surface area contributed by atoms with Crippen LogP contribution < -0.4 is 5.32 Å². The molecule has 0 aliphatic rings. The van der Waals surface area contributed by atoms with Gasteiger partial charge in [0.05, 0.1) is 0 Å². The van der Waals surface area contributed by atoms with E-state index >= 15 is 0 Å². The summed E-state index contributed by atoms with van der Waals surface area (Å²) in [4.78, 5) is 4.63. The molecule has 0 saturated heterocycles. The standard InChI is InChI=1S/C21H23ClN2S/c1-24(2)13-5-12-23-20-15-18(22)9-11-21(20)25-19-10-8-16-6-3-4-7-17(16)14-19/h3-4,6-11,14-15,23H,5,12-13H2,1-2H3. The number of halogens is 1. The summed E-state index contributed by atoms with van der Waals surface area (Å²) in [6.45, 7) is 2.00. The fraction of sp³-hybridized carbons (Fsp3) is 0.238. The molecule has 0 aliphatic carbocycles. The van der Waals surface area contributed by atoms with Crippen LogP contribution in [0.2, 0.25) is 5.02 Å². The molecule has 0 amide bonds. The molecule has 1 N–H and O–H groups in total. The lowest BCUT2D eigenvalue weighted by Gasteiger charge is -2.14. The van der Waals surface area contributed by atoms with Crippen molar-refractivity contribution in [3.63, 3.8) is 0 Å². The Hall–Kier alpha value is -1.68. The summed E-state index contributed by atoms with van der Waals surface area (Å²) in [6, 6.07) is 21.1. The first kappa shape index (κ1) is 18.1. The average molecular weight is 371 g/mol. The molecule has 3 aromatic rings. The molecule has 4 heteroatoms. The van der Waals surface area contributed by atoms with E-state index in [0.717, 1.165) is 30.2 Å². The van der Waals surface area contributed by atoms with Crippen molar-refractivity contribution in [1.82, 2.24) is 4.90 Å². The maximum Gasteiger partial charge on any atom is 0.0496 e. The van der Waals surface area contributed by atoms with Crippen molar-refractivity contribution in [1.29, 1.82) is 0 Å². The molecule has 0 spiro atoms. The first-order valence-electron chi connectivity index (χ1n) is 8.46. The second kappa shape index (κ2) is 8.61. The number of hydrogen-bond donors (Lipinski definition) is 1. The van der Waals surface area contributed by atoms with Gasteiger partial charge in [0.25, 0.3) is 0 Å². The van der Waals surface area contributed by atoms with Gasteiger partial charge in [-0.05, 0) is 68.2 Å². The first-order valence-corrected chi connectivity index (χ1v) is 9.66. The van der Waals surface area contributed by atoms with E-state index in [1.165, 1.54) is 20.6 Å². The molecular formula is C21H23ClN2S. The summed E-state index contributed by atoms with van der Waals surface area (Å²) in [5.41, 5.74) is 1.10. The third-order valence-corrected chi connectivity index (χ3v) is 5.29. The third kappa shape index (κ3) is 5.15. The number of anilines is 1. The lowest BCUT2D eigenvalue weighted by Crippen LogP contribution is -2.16. The monoisotopic (exact) mass is 370 g/mol. The number of rotatable bonds is 7. The Morgan fingerprint density at radius 1 is 0.960 bits per heavy atom. The Balaban J connectivity index is 1.76. The number of nitrogens with zero attached hydrogens (tertiary/aromatic N) is 1. The van der Waals surface area contributed by atoms with Crippen LogP contribution in [-0.2, 0) is 0 Å². The minimum Gasteiger partial charge on any atom is -0.384 e. The predicted molar refractivity (Wildman–Crippen MR) is 111 cm³/mol. The van der Waals surface area contributed by atoms with Crippen molar-refractivity contribution in [2.75, 3.05) is 32.5 Å². The Kier molecular flexibility index (Phi) is 6.24. The van der Waals surface area contributed by atoms with Crippen molar-refractivity contribution >= 4 is 39.8 Å². The zero-order valence-corrected chi connectivity index (χ0v) is 16.2. The Morgan fingerprint density at radius 2 is 1.76 bits per heavy atom. The van der Waals surface area contributed by atoms with Crippen molar-refractivity contribution in [2.24, 2.45) is 0 Å². The van der Waals surface area contributed by atoms with E-state index in [1.807, 2.05) is 12.1 Å². The van der Waals surface area contributed by atoms with Crippen LogP contribution in [0, 0.1) is 0 Å². The molecule has 3 rings (SSSR count). The highest BCUT2D eigenvalue weighted by molar-refractivity contribution is 7.99. The largest absolute Gasteiger partial charge is 0.384 e. The van der Waals surface area contributed by atoms with Gasteiger partial charge in [0.2, 0.25) is 0 Å². The molecule has 0 saturated carbocycles. The minimum absolute atomic E-state index is 0.762. The molecule has 0 radical (unpaired) electrons. The quantitative estimate of drug-likeness (QED) is 0.513. The Labute approximate surface area is 159 Å². The van der Waals surface area contributed by atoms with Crippen LogP contribution in [0.1, 0.15) is 6.42 Å². The minimum atomic E-state index is 0.762. The number of benzene rings is 3. The maximum atomic E-state index is 6.20. The lowest BCUT2D eigenvalue weighted by atomic mass is 10.1. The van der Waals surface area contributed by atoms with Gasteiger partial charge in [-0.3, -0.25) is 0 Å². The zero-order valence-electron chi connectivity index (χ0n) is 14.6.